The third-order valence-corrected chi connectivity index (χ3v) is 7.51. The van der Waals surface area contributed by atoms with Crippen molar-refractivity contribution in [1.29, 1.82) is 5.26 Å². The first-order valence-electron chi connectivity index (χ1n) is 12.2. The molecule has 0 radical (unpaired) electrons. The van der Waals surface area contributed by atoms with Crippen LogP contribution in [0.25, 0.3) is 5.65 Å². The minimum absolute atomic E-state index is 0.321. The van der Waals surface area contributed by atoms with Gasteiger partial charge in [-0.05, 0) is 37.9 Å². The van der Waals surface area contributed by atoms with Crippen LogP contribution >= 0.6 is 11.6 Å². The molecule has 2 N–H and O–H groups in total. The highest BCUT2D eigenvalue weighted by Crippen LogP contribution is 2.38. The fourth-order valence-electron chi connectivity index (χ4n) is 4.74. The van der Waals surface area contributed by atoms with Crippen LogP contribution in [-0.4, -0.2) is 87.8 Å². The first-order valence-corrected chi connectivity index (χ1v) is 12.6. The van der Waals surface area contributed by atoms with E-state index in [4.69, 9.17) is 18.0 Å². The van der Waals surface area contributed by atoms with Gasteiger partial charge in [0.1, 0.15) is 5.69 Å². The molecule has 3 aliphatic rings. The lowest BCUT2D eigenvalue weighted by Crippen LogP contribution is -2.63. The van der Waals surface area contributed by atoms with Gasteiger partial charge in [0.15, 0.2) is 11.5 Å². The fourth-order valence-corrected chi connectivity index (χ4v) is 5.01. The number of nitrogens with zero attached hydrogens (tertiary/aromatic N) is 8. The van der Waals surface area contributed by atoms with Crippen LogP contribution in [0.5, 0.6) is 0 Å². The van der Waals surface area contributed by atoms with Gasteiger partial charge < -0.3 is 20.4 Å². The van der Waals surface area contributed by atoms with Crippen LogP contribution in [0.1, 0.15) is 24.1 Å². The molecule has 2 saturated heterocycles. The number of piperazine rings is 1. The van der Waals surface area contributed by atoms with Gasteiger partial charge in [-0.15, -0.1) is 11.5 Å². The van der Waals surface area contributed by atoms with Crippen molar-refractivity contribution < 1.29 is 0 Å². The van der Waals surface area contributed by atoms with Crippen LogP contribution < -0.4 is 15.5 Å². The first-order chi connectivity index (χ1) is 17.5. The summed E-state index contributed by atoms with van der Waals surface area (Å²) >= 11 is 6.88. The molecular weight excluding hydrogens is 476 g/mol. The van der Waals surface area contributed by atoms with E-state index in [0.29, 0.717) is 51.5 Å². The Bertz CT molecular complexity index is 1380. The zero-order valence-electron chi connectivity index (χ0n) is 20.1. The average molecular weight is 503 g/mol. The predicted molar refractivity (Wildman–Crippen MR) is 140 cm³/mol. The summed E-state index contributed by atoms with van der Waals surface area (Å²) in [6, 6.07) is 6.71. The van der Waals surface area contributed by atoms with E-state index in [1.807, 2.05) is 6.07 Å². The number of rotatable bonds is 6. The molecule has 3 aromatic rings. The molecule has 1 saturated carbocycles. The van der Waals surface area contributed by atoms with Gasteiger partial charge in [0.2, 0.25) is 5.95 Å². The Morgan fingerprint density at radius 3 is 2.64 bits per heavy atom. The lowest BCUT2D eigenvalue weighted by Gasteiger charge is -2.49. The van der Waals surface area contributed by atoms with Crippen LogP contribution in [-0.2, 0) is 0 Å². The molecule has 184 valence electrons. The van der Waals surface area contributed by atoms with Gasteiger partial charge in [0.25, 0.3) is 0 Å². The van der Waals surface area contributed by atoms with Gasteiger partial charge in [-0.2, -0.15) is 14.8 Å². The van der Waals surface area contributed by atoms with Gasteiger partial charge in [-0.3, -0.25) is 4.90 Å². The maximum absolute atomic E-state index is 9.70. The summed E-state index contributed by atoms with van der Waals surface area (Å²) in [5, 5.41) is 21.4. The van der Waals surface area contributed by atoms with Crippen molar-refractivity contribution in [2.75, 3.05) is 61.8 Å². The monoisotopic (exact) mass is 502 g/mol. The third kappa shape index (κ3) is 4.28. The molecule has 0 spiro atoms. The summed E-state index contributed by atoms with van der Waals surface area (Å²) < 4.78 is 1.60. The number of halogens is 1. The second-order valence-corrected chi connectivity index (χ2v) is 10.1. The van der Waals surface area contributed by atoms with Gasteiger partial charge in [0.05, 0.1) is 34.2 Å². The van der Waals surface area contributed by atoms with Crippen LogP contribution in [0.15, 0.2) is 18.3 Å². The van der Waals surface area contributed by atoms with Gasteiger partial charge in [-0.1, -0.05) is 11.6 Å². The molecule has 11 heteroatoms. The van der Waals surface area contributed by atoms with E-state index in [1.165, 1.54) is 0 Å². The van der Waals surface area contributed by atoms with E-state index < -0.39 is 0 Å². The average Bonchev–Trinajstić information content (AvgIpc) is 3.57. The number of likely N-dealkylation sites (N-methyl/N-ethyl adjacent to an activating group) is 1. The molecule has 36 heavy (non-hydrogen) atoms. The Kier molecular flexibility index (Phi) is 5.81. The Morgan fingerprint density at radius 2 is 1.94 bits per heavy atom. The normalized spacial score (nSPS) is 19.1. The van der Waals surface area contributed by atoms with Crippen molar-refractivity contribution in [3.8, 4) is 18.4 Å². The Labute approximate surface area is 214 Å². The molecule has 1 aromatic carbocycles. The molecule has 0 bridgehead atoms. The minimum Gasteiger partial charge on any atom is -0.367 e. The van der Waals surface area contributed by atoms with Crippen LogP contribution in [0.2, 0.25) is 5.02 Å². The lowest BCUT2D eigenvalue weighted by atomic mass is 10.0. The smallest absolute Gasteiger partial charge is 0.247 e. The summed E-state index contributed by atoms with van der Waals surface area (Å²) in [5.41, 5.74) is 3.04. The van der Waals surface area contributed by atoms with Crippen molar-refractivity contribution in [3.63, 3.8) is 0 Å². The van der Waals surface area contributed by atoms with Crippen molar-refractivity contribution >= 4 is 40.4 Å². The molecule has 2 aromatic heterocycles. The Balaban J connectivity index is 1.27. The number of hydrogen-bond acceptors (Lipinski definition) is 9. The number of benzene rings is 1. The Morgan fingerprint density at radius 1 is 1.17 bits per heavy atom. The topological polar surface area (TPSA) is 101 Å². The number of imidazole rings is 1. The second-order valence-electron chi connectivity index (χ2n) is 9.72. The molecule has 3 fully saturated rings. The van der Waals surface area contributed by atoms with Crippen molar-refractivity contribution in [2.24, 2.45) is 0 Å². The molecule has 6 rings (SSSR count). The fraction of sp³-hybridized carbons (Fsp3) is 0.440. The van der Waals surface area contributed by atoms with E-state index >= 15 is 0 Å². The van der Waals surface area contributed by atoms with Crippen molar-refractivity contribution in [3.05, 3.63) is 34.6 Å². The number of anilines is 4. The summed E-state index contributed by atoms with van der Waals surface area (Å²) in [6.45, 7) is 6.12. The first kappa shape index (κ1) is 22.9. The molecule has 0 atom stereocenters. The standard InChI is InChI=1S/C25H27ClN10/c1-3-18-13-28-24-23(29-17-4-5-17)31-25(32-36(18)24)30-20-10-16(12-27)11-21(22(20)26)35-14-19(15-35)34-8-6-33(2)7-9-34/h1,10-11,13,17,19H,4-9,14-15H2,2H3,(H2,29,30,31,32). The summed E-state index contributed by atoms with van der Waals surface area (Å²) in [7, 11) is 2.17. The number of aromatic nitrogens is 4. The molecule has 0 amide bonds. The number of nitrogens with one attached hydrogen (secondary N) is 2. The van der Waals surface area contributed by atoms with Crippen LogP contribution in [0.4, 0.5) is 23.1 Å². The summed E-state index contributed by atoms with van der Waals surface area (Å²) in [5.74, 6) is 3.55. The zero-order chi connectivity index (χ0) is 24.8. The number of nitriles is 1. The van der Waals surface area contributed by atoms with E-state index in [0.717, 1.165) is 57.8 Å². The highest BCUT2D eigenvalue weighted by Gasteiger charge is 2.34. The highest BCUT2D eigenvalue weighted by atomic mass is 35.5. The van der Waals surface area contributed by atoms with Gasteiger partial charge in [-0.25, -0.2) is 4.98 Å². The van der Waals surface area contributed by atoms with Crippen molar-refractivity contribution in [1.82, 2.24) is 29.4 Å². The predicted octanol–water partition coefficient (Wildman–Crippen LogP) is 2.38. The quantitative estimate of drug-likeness (QED) is 0.492. The largest absolute Gasteiger partial charge is 0.367 e. The second kappa shape index (κ2) is 9.14. The molecule has 1 aliphatic carbocycles. The Hall–Kier alpha value is -3.57. The van der Waals surface area contributed by atoms with Crippen LogP contribution in [0.3, 0.4) is 0 Å². The van der Waals surface area contributed by atoms with Gasteiger partial charge in [0, 0.05) is 51.4 Å². The molecular formula is C25H27ClN10. The number of terminal acetylenes is 1. The minimum atomic E-state index is 0.321. The van der Waals surface area contributed by atoms with Crippen molar-refractivity contribution in [2.45, 2.75) is 24.9 Å². The third-order valence-electron chi connectivity index (χ3n) is 7.11. The highest BCUT2D eigenvalue weighted by molar-refractivity contribution is 6.36. The van der Waals surface area contributed by atoms with E-state index in [2.05, 4.69) is 59.4 Å². The number of hydrogen-bond donors (Lipinski definition) is 2. The molecule has 4 heterocycles. The molecule has 2 aliphatic heterocycles. The maximum atomic E-state index is 9.70. The molecule has 0 unspecified atom stereocenters. The maximum Gasteiger partial charge on any atom is 0.247 e. The van der Waals surface area contributed by atoms with E-state index in [-0.39, 0.29) is 0 Å². The molecule has 10 nitrogen and oxygen atoms in total. The van der Waals surface area contributed by atoms with E-state index in [1.54, 1.807) is 16.8 Å². The van der Waals surface area contributed by atoms with E-state index in [9.17, 15) is 5.26 Å². The lowest BCUT2D eigenvalue weighted by molar-refractivity contribution is 0.0963. The summed E-state index contributed by atoms with van der Waals surface area (Å²) in [4.78, 5) is 16.2. The number of fused-ring (bicyclic) bond motifs is 1. The zero-order valence-corrected chi connectivity index (χ0v) is 20.8. The summed E-state index contributed by atoms with van der Waals surface area (Å²) in [6.07, 6.45) is 9.44. The SMILES string of the molecule is C#Cc1cnc2c(NC3CC3)nc(Nc3cc(C#N)cc(N4CC(N5CCN(C)CC5)C4)c3Cl)nn12. The van der Waals surface area contributed by atoms with Crippen LogP contribution in [0, 0.1) is 23.7 Å². The van der Waals surface area contributed by atoms with Gasteiger partial charge >= 0.3 is 0 Å².